The first kappa shape index (κ1) is 13.2. The van der Waals surface area contributed by atoms with Gasteiger partial charge in [0.05, 0.1) is 0 Å². The van der Waals surface area contributed by atoms with Crippen molar-refractivity contribution in [3.8, 4) is 0 Å². The van der Waals surface area contributed by atoms with Crippen molar-refractivity contribution in [2.24, 2.45) is 11.8 Å². The third-order valence-electron chi connectivity index (χ3n) is 3.49. The minimum atomic E-state index is 0.712. The normalized spacial score (nSPS) is 24.2. The average molecular weight is 272 g/mol. The van der Waals surface area contributed by atoms with Crippen molar-refractivity contribution in [1.82, 2.24) is 5.32 Å². The average Bonchev–Trinajstić information content (AvgIpc) is 2.63. The summed E-state index contributed by atoms with van der Waals surface area (Å²) in [6, 6.07) is 5.71. The third-order valence-corrected chi connectivity index (χ3v) is 3.92. The van der Waals surface area contributed by atoms with Crippen molar-refractivity contribution < 1.29 is 0 Å². The quantitative estimate of drug-likeness (QED) is 0.849. The summed E-state index contributed by atoms with van der Waals surface area (Å²) in [7, 11) is 0. The van der Waals surface area contributed by atoms with E-state index in [2.05, 4.69) is 12.2 Å². The molecule has 1 aromatic carbocycles. The van der Waals surface area contributed by atoms with Gasteiger partial charge in [-0.15, -0.1) is 0 Å². The van der Waals surface area contributed by atoms with Crippen molar-refractivity contribution in [2.45, 2.75) is 32.7 Å². The summed E-state index contributed by atoms with van der Waals surface area (Å²) in [5.74, 6) is 1.75. The SMILES string of the molecule is CC1CCC(CNCc2cc(Cl)cc(Cl)c2)C1. The minimum Gasteiger partial charge on any atom is -0.312 e. The Balaban J connectivity index is 1.78. The van der Waals surface area contributed by atoms with Crippen molar-refractivity contribution in [2.75, 3.05) is 6.54 Å². The molecule has 0 spiro atoms. The molecule has 0 aromatic heterocycles. The largest absolute Gasteiger partial charge is 0.312 e. The first-order chi connectivity index (χ1) is 8.13. The Morgan fingerprint density at radius 2 is 1.88 bits per heavy atom. The molecular formula is C14H19Cl2N. The summed E-state index contributed by atoms with van der Waals surface area (Å²) in [4.78, 5) is 0. The summed E-state index contributed by atoms with van der Waals surface area (Å²) in [5, 5.41) is 4.93. The lowest BCUT2D eigenvalue weighted by Gasteiger charge is -2.11. The van der Waals surface area contributed by atoms with Crippen LogP contribution in [0.15, 0.2) is 18.2 Å². The summed E-state index contributed by atoms with van der Waals surface area (Å²) in [6.45, 7) is 4.30. The zero-order valence-corrected chi connectivity index (χ0v) is 11.7. The summed E-state index contributed by atoms with van der Waals surface area (Å²) < 4.78 is 0. The molecule has 2 atom stereocenters. The van der Waals surface area contributed by atoms with Gasteiger partial charge in [0.15, 0.2) is 0 Å². The lowest BCUT2D eigenvalue weighted by molar-refractivity contribution is 0.470. The molecule has 1 aliphatic rings. The van der Waals surface area contributed by atoms with Crippen LogP contribution in [0.25, 0.3) is 0 Å². The monoisotopic (exact) mass is 271 g/mol. The van der Waals surface area contributed by atoms with Crippen molar-refractivity contribution in [3.05, 3.63) is 33.8 Å². The Kier molecular flexibility index (Phi) is 4.72. The van der Waals surface area contributed by atoms with Crippen LogP contribution in [0.4, 0.5) is 0 Å². The van der Waals surface area contributed by atoms with Crippen LogP contribution in [0.5, 0.6) is 0 Å². The maximum atomic E-state index is 5.96. The van der Waals surface area contributed by atoms with Crippen LogP contribution in [0.2, 0.25) is 10.0 Å². The summed E-state index contributed by atoms with van der Waals surface area (Å²) >= 11 is 11.9. The molecule has 1 N–H and O–H groups in total. The molecule has 0 aliphatic heterocycles. The first-order valence-corrected chi connectivity index (χ1v) is 7.05. The van der Waals surface area contributed by atoms with E-state index < -0.39 is 0 Å². The molecule has 0 heterocycles. The van der Waals surface area contributed by atoms with Gasteiger partial charge in [-0.05, 0) is 55.0 Å². The molecule has 0 amide bonds. The number of benzene rings is 1. The van der Waals surface area contributed by atoms with E-state index in [0.717, 1.165) is 30.5 Å². The number of halogens is 2. The van der Waals surface area contributed by atoms with Crippen LogP contribution >= 0.6 is 23.2 Å². The standard InChI is InChI=1S/C14H19Cl2N/c1-10-2-3-11(4-10)8-17-9-12-5-13(15)7-14(16)6-12/h5-7,10-11,17H,2-4,8-9H2,1H3. The van der Waals surface area contributed by atoms with E-state index >= 15 is 0 Å². The van der Waals surface area contributed by atoms with Crippen LogP contribution in [-0.4, -0.2) is 6.54 Å². The highest BCUT2D eigenvalue weighted by Crippen LogP contribution is 2.29. The van der Waals surface area contributed by atoms with Gasteiger partial charge in [0.25, 0.3) is 0 Å². The number of nitrogens with one attached hydrogen (secondary N) is 1. The molecule has 1 nitrogen and oxygen atoms in total. The van der Waals surface area contributed by atoms with E-state index in [0.29, 0.717) is 10.0 Å². The molecule has 2 unspecified atom stereocenters. The zero-order valence-electron chi connectivity index (χ0n) is 10.2. The van der Waals surface area contributed by atoms with Gasteiger partial charge in [0.1, 0.15) is 0 Å². The second-order valence-electron chi connectivity index (χ2n) is 5.19. The molecule has 17 heavy (non-hydrogen) atoms. The maximum Gasteiger partial charge on any atom is 0.0424 e. The van der Waals surface area contributed by atoms with Gasteiger partial charge < -0.3 is 5.32 Å². The number of hydrogen-bond acceptors (Lipinski definition) is 1. The molecule has 94 valence electrons. The third kappa shape index (κ3) is 4.17. The van der Waals surface area contributed by atoms with E-state index in [1.807, 2.05) is 12.1 Å². The minimum absolute atomic E-state index is 0.712. The van der Waals surface area contributed by atoms with E-state index in [4.69, 9.17) is 23.2 Å². The first-order valence-electron chi connectivity index (χ1n) is 6.29. The molecule has 1 aliphatic carbocycles. The van der Waals surface area contributed by atoms with Gasteiger partial charge in [-0.25, -0.2) is 0 Å². The maximum absolute atomic E-state index is 5.96. The second kappa shape index (κ2) is 6.08. The lowest BCUT2D eigenvalue weighted by Crippen LogP contribution is -2.20. The van der Waals surface area contributed by atoms with Gasteiger partial charge in [-0.2, -0.15) is 0 Å². The Labute approximate surface area is 114 Å². The Morgan fingerprint density at radius 3 is 2.47 bits per heavy atom. The van der Waals surface area contributed by atoms with Crippen molar-refractivity contribution >= 4 is 23.2 Å². The predicted molar refractivity (Wildman–Crippen MR) is 74.7 cm³/mol. The fraction of sp³-hybridized carbons (Fsp3) is 0.571. The molecule has 0 saturated heterocycles. The molecule has 1 aromatic rings. The molecule has 1 saturated carbocycles. The Bertz CT molecular complexity index is 358. The van der Waals surface area contributed by atoms with Crippen LogP contribution in [0, 0.1) is 11.8 Å². The fourth-order valence-electron chi connectivity index (χ4n) is 2.64. The molecule has 0 bridgehead atoms. The summed E-state index contributed by atoms with van der Waals surface area (Å²) in [6.07, 6.45) is 4.11. The van der Waals surface area contributed by atoms with Gasteiger partial charge in [0, 0.05) is 16.6 Å². The lowest BCUT2D eigenvalue weighted by atomic mass is 10.1. The molecule has 2 rings (SSSR count). The predicted octanol–water partition coefficient (Wildman–Crippen LogP) is 4.52. The van der Waals surface area contributed by atoms with Crippen LogP contribution in [-0.2, 0) is 6.54 Å². The number of hydrogen-bond donors (Lipinski definition) is 1. The van der Waals surface area contributed by atoms with E-state index in [-0.39, 0.29) is 0 Å². The molecule has 1 fully saturated rings. The van der Waals surface area contributed by atoms with E-state index in [1.165, 1.54) is 19.3 Å². The highest BCUT2D eigenvalue weighted by atomic mass is 35.5. The van der Waals surface area contributed by atoms with E-state index in [9.17, 15) is 0 Å². The van der Waals surface area contributed by atoms with Crippen molar-refractivity contribution in [1.29, 1.82) is 0 Å². The van der Waals surface area contributed by atoms with Crippen LogP contribution < -0.4 is 5.32 Å². The van der Waals surface area contributed by atoms with Gasteiger partial charge in [0.2, 0.25) is 0 Å². The Morgan fingerprint density at radius 1 is 1.18 bits per heavy atom. The molecule has 0 radical (unpaired) electrons. The van der Waals surface area contributed by atoms with E-state index in [1.54, 1.807) is 6.07 Å². The fourth-order valence-corrected chi connectivity index (χ4v) is 3.22. The molecular weight excluding hydrogens is 253 g/mol. The summed E-state index contributed by atoms with van der Waals surface area (Å²) in [5.41, 5.74) is 1.16. The zero-order chi connectivity index (χ0) is 12.3. The topological polar surface area (TPSA) is 12.0 Å². The second-order valence-corrected chi connectivity index (χ2v) is 6.07. The Hall–Kier alpha value is -0.240. The van der Waals surface area contributed by atoms with Crippen LogP contribution in [0.1, 0.15) is 31.7 Å². The smallest absolute Gasteiger partial charge is 0.0424 e. The highest BCUT2D eigenvalue weighted by molar-refractivity contribution is 6.34. The number of rotatable bonds is 4. The van der Waals surface area contributed by atoms with Crippen LogP contribution in [0.3, 0.4) is 0 Å². The van der Waals surface area contributed by atoms with Gasteiger partial charge >= 0.3 is 0 Å². The van der Waals surface area contributed by atoms with Gasteiger partial charge in [-0.1, -0.05) is 36.5 Å². The van der Waals surface area contributed by atoms with Gasteiger partial charge in [-0.3, -0.25) is 0 Å². The molecule has 3 heteroatoms. The van der Waals surface area contributed by atoms with Crippen molar-refractivity contribution in [3.63, 3.8) is 0 Å². The highest BCUT2D eigenvalue weighted by Gasteiger charge is 2.20.